The predicted molar refractivity (Wildman–Crippen MR) is 66.7 cm³/mol. The number of ether oxygens (including phenoxy) is 1. The minimum atomic E-state index is 0. The molecule has 1 aliphatic rings. The van der Waals surface area contributed by atoms with Gasteiger partial charge in [-0.25, -0.2) is 0 Å². The van der Waals surface area contributed by atoms with Crippen molar-refractivity contribution in [1.82, 2.24) is 5.32 Å². The monoisotopic (exact) mass is 250 g/mol. The lowest BCUT2D eigenvalue weighted by atomic mass is 10.1. The molecule has 1 fully saturated rings. The lowest BCUT2D eigenvalue weighted by molar-refractivity contribution is -0.126. The minimum Gasteiger partial charge on any atom is -0.383 e. The number of rotatable bonds is 5. The third kappa shape index (κ3) is 4.68. The first-order valence-corrected chi connectivity index (χ1v) is 5.72. The van der Waals surface area contributed by atoms with Crippen LogP contribution in [0.2, 0.25) is 0 Å². The van der Waals surface area contributed by atoms with E-state index >= 15 is 0 Å². The van der Waals surface area contributed by atoms with Gasteiger partial charge in [-0.1, -0.05) is 6.92 Å². The third-order valence-electron chi connectivity index (χ3n) is 3.05. The van der Waals surface area contributed by atoms with Gasteiger partial charge in [-0.2, -0.15) is 0 Å². The first kappa shape index (κ1) is 15.7. The number of carbonyl (C=O) groups is 1. The van der Waals surface area contributed by atoms with Crippen LogP contribution in [-0.4, -0.2) is 31.7 Å². The number of nitrogens with two attached hydrogens (primary N) is 1. The first-order valence-electron chi connectivity index (χ1n) is 5.72. The Morgan fingerprint density at radius 1 is 1.56 bits per heavy atom. The zero-order chi connectivity index (χ0) is 11.3. The molecule has 0 aliphatic heterocycles. The lowest BCUT2D eigenvalue weighted by Crippen LogP contribution is -2.40. The highest BCUT2D eigenvalue weighted by Crippen LogP contribution is 2.24. The van der Waals surface area contributed by atoms with E-state index in [0.29, 0.717) is 6.61 Å². The molecule has 3 N–H and O–H groups in total. The summed E-state index contributed by atoms with van der Waals surface area (Å²) in [5.74, 6) is 0.262. The van der Waals surface area contributed by atoms with Gasteiger partial charge in [-0.15, -0.1) is 12.4 Å². The average Bonchev–Trinajstić information content (AvgIpc) is 2.64. The van der Waals surface area contributed by atoms with Crippen LogP contribution >= 0.6 is 12.4 Å². The van der Waals surface area contributed by atoms with E-state index < -0.39 is 0 Å². The lowest BCUT2D eigenvalue weighted by Gasteiger charge is -2.18. The topological polar surface area (TPSA) is 64.3 Å². The molecule has 4 nitrogen and oxygen atoms in total. The second kappa shape index (κ2) is 7.87. The molecule has 1 aliphatic carbocycles. The molecule has 3 unspecified atom stereocenters. The summed E-state index contributed by atoms with van der Waals surface area (Å²) in [5.41, 5.74) is 5.78. The number of amides is 1. The number of carbonyl (C=O) groups excluding carboxylic acids is 1. The molecule has 0 aromatic rings. The minimum absolute atomic E-state index is 0. The van der Waals surface area contributed by atoms with Gasteiger partial charge in [0.2, 0.25) is 5.91 Å². The van der Waals surface area contributed by atoms with Crippen molar-refractivity contribution in [3.8, 4) is 0 Å². The van der Waals surface area contributed by atoms with Gasteiger partial charge >= 0.3 is 0 Å². The number of nitrogens with one attached hydrogen (secondary N) is 1. The maximum Gasteiger partial charge on any atom is 0.223 e. The Balaban J connectivity index is 0.00000225. The zero-order valence-electron chi connectivity index (χ0n) is 10.1. The molecule has 0 bridgehead atoms. The van der Waals surface area contributed by atoms with E-state index in [9.17, 15) is 4.79 Å². The number of methoxy groups -OCH3 is 1. The van der Waals surface area contributed by atoms with E-state index in [2.05, 4.69) is 5.32 Å². The Labute approximate surface area is 104 Å². The summed E-state index contributed by atoms with van der Waals surface area (Å²) in [7, 11) is 1.65. The van der Waals surface area contributed by atoms with Gasteiger partial charge in [-0.05, 0) is 25.7 Å². The average molecular weight is 251 g/mol. The van der Waals surface area contributed by atoms with Crippen molar-refractivity contribution >= 4 is 18.3 Å². The second-order valence-corrected chi connectivity index (χ2v) is 4.34. The van der Waals surface area contributed by atoms with Gasteiger partial charge in [0.1, 0.15) is 0 Å². The fraction of sp³-hybridized carbons (Fsp3) is 0.909. The van der Waals surface area contributed by atoms with Gasteiger partial charge in [0, 0.05) is 19.1 Å². The van der Waals surface area contributed by atoms with Crippen molar-refractivity contribution in [3.63, 3.8) is 0 Å². The van der Waals surface area contributed by atoms with Crippen molar-refractivity contribution in [2.24, 2.45) is 11.7 Å². The molecule has 3 atom stereocenters. The van der Waals surface area contributed by atoms with Crippen LogP contribution < -0.4 is 11.1 Å². The van der Waals surface area contributed by atoms with Crippen molar-refractivity contribution in [1.29, 1.82) is 0 Å². The highest BCUT2D eigenvalue weighted by atomic mass is 35.5. The van der Waals surface area contributed by atoms with Crippen LogP contribution in [0, 0.1) is 5.92 Å². The van der Waals surface area contributed by atoms with E-state index in [-0.39, 0.29) is 36.3 Å². The summed E-state index contributed by atoms with van der Waals surface area (Å²) in [6, 6.07) is 0.350. The molecule has 1 rings (SSSR count). The van der Waals surface area contributed by atoms with Gasteiger partial charge in [0.25, 0.3) is 0 Å². The van der Waals surface area contributed by atoms with Crippen LogP contribution in [0.5, 0.6) is 0 Å². The van der Waals surface area contributed by atoms with E-state index in [1.54, 1.807) is 7.11 Å². The highest BCUT2D eigenvalue weighted by Gasteiger charge is 2.28. The summed E-state index contributed by atoms with van der Waals surface area (Å²) in [4.78, 5) is 11.8. The van der Waals surface area contributed by atoms with Gasteiger partial charge in [-0.3, -0.25) is 4.79 Å². The number of hydrogen-bond donors (Lipinski definition) is 2. The summed E-state index contributed by atoms with van der Waals surface area (Å²) in [5, 5.41) is 3.01. The smallest absolute Gasteiger partial charge is 0.223 e. The van der Waals surface area contributed by atoms with Gasteiger partial charge in [0.05, 0.1) is 12.6 Å². The molecule has 0 aromatic carbocycles. The van der Waals surface area contributed by atoms with Crippen LogP contribution in [-0.2, 0) is 9.53 Å². The normalized spacial score (nSPS) is 25.9. The Morgan fingerprint density at radius 3 is 2.69 bits per heavy atom. The van der Waals surface area contributed by atoms with Crippen molar-refractivity contribution in [2.75, 3.05) is 13.7 Å². The van der Waals surface area contributed by atoms with Crippen molar-refractivity contribution in [2.45, 2.75) is 44.7 Å². The standard InChI is InChI=1S/C11H22N2O2.ClH/c1-3-10(7-15-2)13-11(14)8-4-5-9(12)6-8;/h8-10H,3-7,12H2,1-2H3,(H,13,14);1H. The molecule has 0 spiro atoms. The predicted octanol–water partition coefficient (Wildman–Crippen LogP) is 1.08. The SMILES string of the molecule is CCC(COC)NC(=O)C1CCC(N)C1.Cl. The molecule has 0 saturated heterocycles. The summed E-state index contributed by atoms with van der Waals surface area (Å²) in [6.45, 7) is 2.63. The molecule has 1 amide bonds. The van der Waals surface area contributed by atoms with Gasteiger partial charge < -0.3 is 15.8 Å². The molecular weight excluding hydrogens is 228 g/mol. The van der Waals surface area contributed by atoms with E-state index in [1.807, 2.05) is 6.92 Å². The Bertz CT molecular complexity index is 214. The van der Waals surface area contributed by atoms with Crippen molar-refractivity contribution in [3.05, 3.63) is 0 Å². The fourth-order valence-electron chi connectivity index (χ4n) is 2.04. The van der Waals surface area contributed by atoms with Crippen LogP contribution in [0.4, 0.5) is 0 Å². The van der Waals surface area contributed by atoms with E-state index in [4.69, 9.17) is 10.5 Å². The van der Waals surface area contributed by atoms with Gasteiger partial charge in [0.15, 0.2) is 0 Å². The third-order valence-corrected chi connectivity index (χ3v) is 3.05. The molecule has 96 valence electrons. The molecule has 0 radical (unpaired) electrons. The van der Waals surface area contributed by atoms with Crippen molar-refractivity contribution < 1.29 is 9.53 Å². The van der Waals surface area contributed by atoms with E-state index in [1.165, 1.54) is 0 Å². The molecular formula is C11H23ClN2O2. The quantitative estimate of drug-likeness (QED) is 0.768. The molecule has 0 heterocycles. The Morgan fingerprint density at radius 2 is 2.25 bits per heavy atom. The van der Waals surface area contributed by atoms with Crippen LogP contribution in [0.25, 0.3) is 0 Å². The number of halogens is 1. The van der Waals surface area contributed by atoms with Crippen LogP contribution in [0.1, 0.15) is 32.6 Å². The molecule has 5 heteroatoms. The molecule has 16 heavy (non-hydrogen) atoms. The maximum atomic E-state index is 11.8. The van der Waals surface area contributed by atoms with Crippen LogP contribution in [0.3, 0.4) is 0 Å². The van der Waals surface area contributed by atoms with E-state index in [0.717, 1.165) is 25.7 Å². The zero-order valence-corrected chi connectivity index (χ0v) is 10.9. The Hall–Kier alpha value is -0.320. The summed E-state index contributed by atoms with van der Waals surface area (Å²) in [6.07, 6.45) is 3.63. The number of hydrogen-bond acceptors (Lipinski definition) is 3. The summed E-state index contributed by atoms with van der Waals surface area (Å²) < 4.78 is 5.04. The molecule has 1 saturated carbocycles. The maximum absolute atomic E-state index is 11.8. The highest BCUT2D eigenvalue weighted by molar-refractivity contribution is 5.85. The fourth-order valence-corrected chi connectivity index (χ4v) is 2.04. The largest absolute Gasteiger partial charge is 0.383 e. The second-order valence-electron chi connectivity index (χ2n) is 4.34. The molecule has 0 aromatic heterocycles. The Kier molecular flexibility index (Phi) is 7.72. The summed E-state index contributed by atoms with van der Waals surface area (Å²) >= 11 is 0. The first-order chi connectivity index (χ1) is 7.17. The van der Waals surface area contributed by atoms with Crippen LogP contribution in [0.15, 0.2) is 0 Å².